The lowest BCUT2D eigenvalue weighted by Crippen LogP contribution is -2.34. The van der Waals surface area contributed by atoms with Crippen LogP contribution in [0, 0.1) is 27.7 Å². The van der Waals surface area contributed by atoms with Crippen LogP contribution in [0.4, 0.5) is 0 Å². The fraction of sp³-hybridized carbons (Fsp3) is 0.148. The lowest BCUT2D eigenvalue weighted by atomic mass is 10.1. The predicted octanol–water partition coefficient (Wildman–Crippen LogP) is 5.07. The molecular weight excluding hydrogens is 478 g/mol. The summed E-state index contributed by atoms with van der Waals surface area (Å²) in [5, 5.41) is 0. The summed E-state index contributed by atoms with van der Waals surface area (Å²) < 4.78 is 33.6. The Bertz CT molecular complexity index is 1610. The van der Waals surface area contributed by atoms with Crippen molar-refractivity contribution in [2.75, 3.05) is 0 Å². The Morgan fingerprint density at radius 3 is 2.25 bits per heavy atom. The highest BCUT2D eigenvalue weighted by atomic mass is 32.2. The number of aromatic nitrogens is 2. The zero-order chi connectivity index (χ0) is 26.0. The van der Waals surface area contributed by atoms with Gasteiger partial charge in [0.1, 0.15) is 11.3 Å². The second-order valence-corrected chi connectivity index (χ2v) is 10.2. The summed E-state index contributed by atoms with van der Waals surface area (Å²) in [6.45, 7) is 7.70. The molecule has 0 spiro atoms. The van der Waals surface area contributed by atoms with Gasteiger partial charge in [0.15, 0.2) is 4.90 Å². The van der Waals surface area contributed by atoms with E-state index >= 15 is 0 Å². The van der Waals surface area contributed by atoms with E-state index < -0.39 is 26.4 Å². The fourth-order valence-electron chi connectivity index (χ4n) is 3.85. The number of hydrogen-bond donors (Lipinski definition) is 2. The third-order valence-corrected chi connectivity index (χ3v) is 6.91. The van der Waals surface area contributed by atoms with E-state index in [9.17, 15) is 18.0 Å². The molecule has 36 heavy (non-hydrogen) atoms. The second-order valence-electron chi connectivity index (χ2n) is 8.54. The maximum atomic E-state index is 13.1. The molecule has 0 aliphatic carbocycles. The summed E-state index contributed by atoms with van der Waals surface area (Å²) in [6, 6.07) is 17.1. The second kappa shape index (κ2) is 9.79. The molecule has 2 N–H and O–H groups in total. The topological polar surface area (TPSA) is 118 Å². The van der Waals surface area contributed by atoms with Gasteiger partial charge in [0.05, 0.1) is 5.69 Å². The minimum absolute atomic E-state index is 0. The average molecular weight is 508 g/mol. The third kappa shape index (κ3) is 5.21. The zero-order valence-corrected chi connectivity index (χ0v) is 21.1. The van der Waals surface area contributed by atoms with Gasteiger partial charge in [0.2, 0.25) is 5.88 Å². The molecule has 0 unspecified atom stereocenters. The molecule has 2 aromatic carbocycles. The van der Waals surface area contributed by atoms with Crippen molar-refractivity contribution < 1.29 is 20.8 Å². The molecule has 1 amide bonds. The summed E-state index contributed by atoms with van der Waals surface area (Å²) in [6.07, 6.45) is 1.30. The molecule has 0 saturated heterocycles. The number of carbonyl (C=O) groups is 1. The molecule has 0 atom stereocenters. The van der Waals surface area contributed by atoms with Gasteiger partial charge in [-0.25, -0.2) is 18.1 Å². The Labute approximate surface area is 212 Å². The van der Waals surface area contributed by atoms with Gasteiger partial charge in [0, 0.05) is 14.6 Å². The maximum absolute atomic E-state index is 13.1. The van der Waals surface area contributed by atoms with E-state index in [-0.39, 0.29) is 14.3 Å². The minimum atomic E-state index is -4.44. The largest absolute Gasteiger partial charge is 0.438 e. The summed E-state index contributed by atoms with van der Waals surface area (Å²) >= 11 is 0. The van der Waals surface area contributed by atoms with Gasteiger partial charge in [-0.2, -0.15) is 0 Å². The molecule has 9 heteroatoms. The number of hydrogen-bond acceptors (Lipinski definition) is 6. The predicted molar refractivity (Wildman–Crippen MR) is 141 cm³/mol. The molecule has 0 aliphatic rings. The normalized spacial score (nSPS) is 11.2. The highest BCUT2D eigenvalue weighted by Crippen LogP contribution is 2.32. The number of sulfonamides is 1. The number of aryl methyl sites for hydroxylation is 4. The van der Waals surface area contributed by atoms with Crippen molar-refractivity contribution in [3.63, 3.8) is 0 Å². The van der Waals surface area contributed by atoms with Crippen LogP contribution < -0.4 is 15.0 Å². The van der Waals surface area contributed by atoms with Crippen LogP contribution in [0.15, 0.2) is 76.6 Å². The quantitative estimate of drug-likeness (QED) is 0.376. The van der Waals surface area contributed by atoms with Crippen molar-refractivity contribution in [1.82, 2.24) is 14.7 Å². The first-order chi connectivity index (χ1) is 17.0. The first-order valence-electron chi connectivity index (χ1n) is 11.1. The molecule has 0 radical (unpaired) electrons. The fourth-order valence-corrected chi connectivity index (χ4v) is 4.88. The number of carbonyl (C=O) groups excluding carboxylic acids is 1. The van der Waals surface area contributed by atoms with E-state index in [1.54, 1.807) is 6.07 Å². The number of amides is 1. The van der Waals surface area contributed by atoms with E-state index in [0.717, 1.165) is 33.9 Å². The van der Waals surface area contributed by atoms with Crippen LogP contribution in [0.1, 0.15) is 35.5 Å². The molecule has 2 heterocycles. The number of rotatable bonds is 6. The zero-order valence-electron chi connectivity index (χ0n) is 20.2. The summed E-state index contributed by atoms with van der Waals surface area (Å²) in [5.74, 6) is -0.512. The van der Waals surface area contributed by atoms with E-state index in [1.807, 2.05) is 68.8 Å². The van der Waals surface area contributed by atoms with Crippen molar-refractivity contribution >= 4 is 15.9 Å². The molecular formula is C27H29N3O5S. The third-order valence-electron chi connectivity index (χ3n) is 5.55. The smallest absolute Gasteiger partial charge is 0.270 e. The van der Waals surface area contributed by atoms with Gasteiger partial charge >= 0.3 is 0 Å². The average Bonchev–Trinajstić information content (AvgIpc) is 2.81. The molecule has 0 saturated carbocycles. The van der Waals surface area contributed by atoms with Crippen molar-refractivity contribution in [3.8, 4) is 22.9 Å². The molecule has 0 fully saturated rings. The van der Waals surface area contributed by atoms with Crippen LogP contribution in [0.25, 0.3) is 11.3 Å². The maximum Gasteiger partial charge on any atom is 0.270 e. The Morgan fingerprint density at radius 1 is 0.944 bits per heavy atom. The minimum Gasteiger partial charge on any atom is -0.438 e. The molecule has 4 rings (SSSR count). The van der Waals surface area contributed by atoms with Crippen LogP contribution in [0.2, 0.25) is 0 Å². The summed E-state index contributed by atoms with van der Waals surface area (Å²) in [5.41, 5.74) is 4.22. The number of nitrogens with zero attached hydrogens (tertiary/aromatic N) is 1. The van der Waals surface area contributed by atoms with Gasteiger partial charge in [-0.05, 0) is 63.1 Å². The number of H-pyrrole nitrogens is 1. The van der Waals surface area contributed by atoms with Crippen LogP contribution in [-0.4, -0.2) is 24.3 Å². The van der Waals surface area contributed by atoms with Gasteiger partial charge in [-0.3, -0.25) is 9.59 Å². The SMILES string of the molecule is Cc1ccc(-c2ccc(C(=O)NS(=O)(=O)c3ccc[nH]c3=O)c(Oc3c(C)cc(C)cc3C)n2)cc1.[HH].[HH]. The van der Waals surface area contributed by atoms with Crippen molar-refractivity contribution in [2.24, 2.45) is 0 Å². The Kier molecular flexibility index (Phi) is 6.76. The van der Waals surface area contributed by atoms with Crippen LogP contribution >= 0.6 is 0 Å². The van der Waals surface area contributed by atoms with Gasteiger partial charge in [-0.15, -0.1) is 0 Å². The first-order valence-corrected chi connectivity index (χ1v) is 12.6. The lowest BCUT2D eigenvalue weighted by Gasteiger charge is -2.16. The van der Waals surface area contributed by atoms with Gasteiger partial charge in [0.25, 0.3) is 21.5 Å². The van der Waals surface area contributed by atoms with Crippen LogP contribution in [0.3, 0.4) is 0 Å². The Hall–Kier alpha value is -4.24. The van der Waals surface area contributed by atoms with Crippen molar-refractivity contribution in [3.05, 3.63) is 105 Å². The van der Waals surface area contributed by atoms with E-state index in [1.165, 1.54) is 18.3 Å². The highest BCUT2D eigenvalue weighted by molar-refractivity contribution is 7.90. The number of benzene rings is 2. The Balaban J connectivity index is 0.00000253. The number of aromatic amines is 1. The molecule has 0 aliphatic heterocycles. The summed E-state index contributed by atoms with van der Waals surface area (Å²) in [4.78, 5) is 31.4. The first kappa shape index (κ1) is 24.9. The molecule has 2 aromatic heterocycles. The monoisotopic (exact) mass is 507 g/mol. The van der Waals surface area contributed by atoms with Gasteiger partial charge in [-0.1, -0.05) is 47.5 Å². The summed E-state index contributed by atoms with van der Waals surface area (Å²) in [7, 11) is -4.44. The van der Waals surface area contributed by atoms with Crippen LogP contribution in [0.5, 0.6) is 11.6 Å². The Morgan fingerprint density at radius 2 is 1.61 bits per heavy atom. The number of ether oxygens (including phenoxy) is 1. The molecule has 0 bridgehead atoms. The molecule has 8 nitrogen and oxygen atoms in total. The molecule has 4 aromatic rings. The lowest BCUT2D eigenvalue weighted by molar-refractivity contribution is 0.0978. The van der Waals surface area contributed by atoms with Gasteiger partial charge < -0.3 is 9.72 Å². The van der Waals surface area contributed by atoms with Crippen LogP contribution in [-0.2, 0) is 10.0 Å². The number of pyridine rings is 2. The van der Waals surface area contributed by atoms with Crippen molar-refractivity contribution in [1.29, 1.82) is 0 Å². The number of nitrogens with one attached hydrogen (secondary N) is 2. The molecule has 188 valence electrons. The highest BCUT2D eigenvalue weighted by Gasteiger charge is 2.25. The van der Waals surface area contributed by atoms with E-state index in [0.29, 0.717) is 11.4 Å². The van der Waals surface area contributed by atoms with E-state index in [2.05, 4.69) is 9.97 Å². The van der Waals surface area contributed by atoms with E-state index in [4.69, 9.17) is 4.74 Å². The standard InChI is InChI=1S/C27H25N3O5S.2H2/c1-16-7-9-20(10-8-16)22-12-11-21(25(31)30-36(33,34)23-6-5-13-28-26(23)32)27(29-22)35-24-18(3)14-17(2)15-19(24)4;;/h5-15H,1-4H3,(H,28,32)(H,30,31);2*1H. The van der Waals surface area contributed by atoms with Crippen molar-refractivity contribution in [2.45, 2.75) is 32.6 Å².